The van der Waals surface area contributed by atoms with E-state index in [1.165, 1.54) is 5.56 Å². The molecule has 0 N–H and O–H groups in total. The third kappa shape index (κ3) is 1.77. The lowest BCUT2D eigenvalue weighted by Gasteiger charge is -2.09. The highest BCUT2D eigenvalue weighted by Crippen LogP contribution is 2.30. The molecule has 3 rings (SSSR count). The molecule has 20 heavy (non-hydrogen) atoms. The zero-order valence-corrected chi connectivity index (χ0v) is 11.5. The first-order valence-corrected chi connectivity index (χ1v) is 6.56. The predicted octanol–water partition coefficient (Wildman–Crippen LogP) is 4.62. The van der Waals surface area contributed by atoms with Gasteiger partial charge in [-0.15, -0.1) is 0 Å². The van der Waals surface area contributed by atoms with E-state index in [4.69, 9.17) is 0 Å². The van der Waals surface area contributed by atoms with Crippen LogP contribution in [0.1, 0.15) is 16.8 Å². The number of nitrogens with zero attached hydrogens (tertiary/aromatic N) is 2. The quantitative estimate of drug-likeness (QED) is 0.672. The number of aryl methyl sites for hydroxylation is 1. The molecule has 0 amide bonds. The Bertz CT molecular complexity index is 792. The molecule has 1 aromatic carbocycles. The first-order valence-electron chi connectivity index (χ1n) is 6.56. The topological polar surface area (TPSA) is 17.8 Å². The lowest BCUT2D eigenvalue weighted by Crippen LogP contribution is -1.96. The van der Waals surface area contributed by atoms with E-state index in [9.17, 15) is 0 Å². The average molecular weight is 260 g/mol. The Hall–Kier alpha value is -2.61. The summed E-state index contributed by atoms with van der Waals surface area (Å²) in [5.74, 6) is 0. The summed E-state index contributed by atoms with van der Waals surface area (Å²) in [6, 6.07) is 10.5. The van der Waals surface area contributed by atoms with Gasteiger partial charge in [0.1, 0.15) is 0 Å². The summed E-state index contributed by atoms with van der Waals surface area (Å²) < 4.78 is 2.19. The first-order chi connectivity index (χ1) is 9.76. The van der Waals surface area contributed by atoms with Gasteiger partial charge < -0.3 is 4.57 Å². The molecule has 2 heteroatoms. The highest BCUT2D eigenvalue weighted by Gasteiger charge is 2.14. The van der Waals surface area contributed by atoms with E-state index in [-0.39, 0.29) is 0 Å². The van der Waals surface area contributed by atoms with Gasteiger partial charge in [0.25, 0.3) is 0 Å². The molecule has 0 aliphatic rings. The highest BCUT2D eigenvalue weighted by molar-refractivity contribution is 5.94. The van der Waals surface area contributed by atoms with Crippen molar-refractivity contribution in [3.63, 3.8) is 0 Å². The Labute approximate surface area is 118 Å². The Morgan fingerprint density at radius 3 is 2.45 bits per heavy atom. The lowest BCUT2D eigenvalue weighted by molar-refractivity contribution is 1.10. The van der Waals surface area contributed by atoms with Gasteiger partial charge in [-0.1, -0.05) is 36.9 Å². The highest BCUT2D eigenvalue weighted by atomic mass is 15.0. The summed E-state index contributed by atoms with van der Waals surface area (Å²) in [6.07, 6.45) is 7.43. The van der Waals surface area contributed by atoms with Crippen molar-refractivity contribution < 1.29 is 0 Å². The second kappa shape index (κ2) is 4.82. The van der Waals surface area contributed by atoms with Crippen molar-refractivity contribution in [1.82, 2.24) is 9.55 Å². The van der Waals surface area contributed by atoms with Crippen molar-refractivity contribution in [3.8, 4) is 5.69 Å². The second-order valence-corrected chi connectivity index (χ2v) is 4.77. The Balaban J connectivity index is 2.42. The maximum Gasteiger partial charge on any atom is 0.0571 e. The van der Waals surface area contributed by atoms with E-state index in [0.717, 1.165) is 27.8 Å². The smallest absolute Gasteiger partial charge is 0.0571 e. The fourth-order valence-electron chi connectivity index (χ4n) is 2.57. The number of pyridine rings is 1. The van der Waals surface area contributed by atoms with Crippen LogP contribution >= 0.6 is 0 Å². The molecular weight excluding hydrogens is 244 g/mol. The molecule has 0 aliphatic heterocycles. The molecule has 0 saturated heterocycles. The standard InChI is InChI=1S/C18H16N2/c1-4-15-16-12-19-11-10-18(16)20(17(15)5-2)14-8-6-13(3)7-9-14/h4-12H,1-2H2,3H3. The van der Waals surface area contributed by atoms with Crippen LogP contribution in [0.5, 0.6) is 0 Å². The van der Waals surface area contributed by atoms with Gasteiger partial charge in [-0.05, 0) is 31.2 Å². The van der Waals surface area contributed by atoms with Crippen LogP contribution in [0.4, 0.5) is 0 Å². The third-order valence-electron chi connectivity index (χ3n) is 3.54. The molecule has 0 bridgehead atoms. The van der Waals surface area contributed by atoms with E-state index in [2.05, 4.69) is 53.9 Å². The molecule has 0 radical (unpaired) electrons. The van der Waals surface area contributed by atoms with Crippen molar-refractivity contribution in [1.29, 1.82) is 0 Å². The van der Waals surface area contributed by atoms with Crippen molar-refractivity contribution >= 4 is 23.1 Å². The molecular formula is C18H16N2. The SMILES string of the molecule is C=Cc1c(C=C)n(-c2ccc(C)cc2)c2ccncc12. The van der Waals surface area contributed by atoms with Gasteiger partial charge in [0, 0.05) is 29.0 Å². The number of fused-ring (bicyclic) bond motifs is 1. The molecule has 0 unspecified atom stereocenters. The van der Waals surface area contributed by atoms with Crippen LogP contribution in [0.25, 0.3) is 28.7 Å². The van der Waals surface area contributed by atoms with Crippen LogP contribution in [0.2, 0.25) is 0 Å². The van der Waals surface area contributed by atoms with Crippen molar-refractivity contribution in [2.75, 3.05) is 0 Å². The molecule has 2 aromatic heterocycles. The lowest BCUT2D eigenvalue weighted by atomic mass is 10.1. The van der Waals surface area contributed by atoms with Gasteiger partial charge in [0.15, 0.2) is 0 Å². The Morgan fingerprint density at radius 1 is 1.05 bits per heavy atom. The normalized spacial score (nSPS) is 10.7. The van der Waals surface area contributed by atoms with Crippen LogP contribution < -0.4 is 0 Å². The number of hydrogen-bond donors (Lipinski definition) is 0. The number of hydrogen-bond acceptors (Lipinski definition) is 1. The van der Waals surface area contributed by atoms with Gasteiger partial charge in [-0.3, -0.25) is 4.98 Å². The molecule has 98 valence electrons. The van der Waals surface area contributed by atoms with E-state index >= 15 is 0 Å². The summed E-state index contributed by atoms with van der Waals surface area (Å²) in [7, 11) is 0. The van der Waals surface area contributed by atoms with E-state index < -0.39 is 0 Å². The second-order valence-electron chi connectivity index (χ2n) is 4.77. The molecule has 0 atom stereocenters. The fraction of sp³-hybridized carbons (Fsp3) is 0.0556. The van der Waals surface area contributed by atoms with Gasteiger partial charge >= 0.3 is 0 Å². The van der Waals surface area contributed by atoms with Crippen molar-refractivity contribution in [2.45, 2.75) is 6.92 Å². The van der Waals surface area contributed by atoms with Crippen LogP contribution in [0.3, 0.4) is 0 Å². The molecule has 3 aromatic rings. The zero-order chi connectivity index (χ0) is 14.1. The number of rotatable bonds is 3. The molecule has 2 nitrogen and oxygen atoms in total. The molecule has 0 spiro atoms. The average Bonchev–Trinajstić information content (AvgIpc) is 2.81. The van der Waals surface area contributed by atoms with E-state index in [0.29, 0.717) is 0 Å². The largest absolute Gasteiger partial charge is 0.309 e. The summed E-state index contributed by atoms with van der Waals surface area (Å²) in [6.45, 7) is 9.96. The molecule has 0 fully saturated rings. The van der Waals surface area contributed by atoms with Crippen molar-refractivity contribution in [3.05, 3.63) is 72.7 Å². The van der Waals surface area contributed by atoms with Gasteiger partial charge in [0.2, 0.25) is 0 Å². The minimum atomic E-state index is 1.05. The summed E-state index contributed by atoms with van der Waals surface area (Å²) >= 11 is 0. The van der Waals surface area contributed by atoms with Crippen LogP contribution in [0, 0.1) is 6.92 Å². The first kappa shape index (κ1) is 12.4. The minimum Gasteiger partial charge on any atom is -0.309 e. The monoisotopic (exact) mass is 260 g/mol. The van der Waals surface area contributed by atoms with Crippen LogP contribution in [-0.2, 0) is 0 Å². The van der Waals surface area contributed by atoms with Gasteiger partial charge in [-0.2, -0.15) is 0 Å². The third-order valence-corrected chi connectivity index (χ3v) is 3.54. The summed E-state index contributed by atoms with van der Waals surface area (Å²) in [5, 5.41) is 1.10. The maximum atomic E-state index is 4.22. The van der Waals surface area contributed by atoms with Gasteiger partial charge in [0.05, 0.1) is 11.2 Å². The summed E-state index contributed by atoms with van der Waals surface area (Å²) in [5.41, 5.74) is 5.61. The van der Waals surface area contributed by atoms with Crippen molar-refractivity contribution in [2.24, 2.45) is 0 Å². The van der Waals surface area contributed by atoms with E-state index in [1.54, 1.807) is 0 Å². The zero-order valence-electron chi connectivity index (χ0n) is 11.5. The maximum absolute atomic E-state index is 4.22. The van der Waals surface area contributed by atoms with Crippen LogP contribution in [-0.4, -0.2) is 9.55 Å². The van der Waals surface area contributed by atoms with Gasteiger partial charge in [-0.25, -0.2) is 0 Å². The summed E-state index contributed by atoms with van der Waals surface area (Å²) in [4.78, 5) is 4.22. The molecule has 0 aliphatic carbocycles. The molecule has 0 saturated carbocycles. The number of benzene rings is 1. The minimum absolute atomic E-state index is 1.05. The number of aromatic nitrogens is 2. The predicted molar refractivity (Wildman–Crippen MR) is 86.0 cm³/mol. The van der Waals surface area contributed by atoms with E-state index in [1.807, 2.05) is 30.6 Å². The Morgan fingerprint density at radius 2 is 1.80 bits per heavy atom. The fourth-order valence-corrected chi connectivity index (χ4v) is 2.57. The van der Waals surface area contributed by atoms with Crippen LogP contribution in [0.15, 0.2) is 55.9 Å². The Kier molecular flexibility index (Phi) is 2.99. The molecule has 2 heterocycles.